The Morgan fingerprint density at radius 1 is 1.24 bits per heavy atom. The number of benzene rings is 1. The van der Waals surface area contributed by atoms with Crippen molar-refractivity contribution in [1.29, 1.82) is 5.26 Å². The van der Waals surface area contributed by atoms with Gasteiger partial charge in [-0.2, -0.15) is 5.26 Å². The lowest BCUT2D eigenvalue weighted by atomic mass is 10.1. The van der Waals surface area contributed by atoms with Crippen molar-refractivity contribution >= 4 is 21.4 Å². The zero-order valence-corrected chi connectivity index (χ0v) is 15.4. The van der Waals surface area contributed by atoms with E-state index in [4.69, 9.17) is 5.26 Å². The van der Waals surface area contributed by atoms with Gasteiger partial charge in [-0.15, -0.1) is 11.3 Å². The highest BCUT2D eigenvalue weighted by Gasteiger charge is 2.19. The molecule has 0 unspecified atom stereocenters. The summed E-state index contributed by atoms with van der Waals surface area (Å²) in [5.74, 6) is 0. The Bertz CT molecular complexity index is 865. The third-order valence-electron chi connectivity index (χ3n) is 4.14. The van der Waals surface area contributed by atoms with Crippen molar-refractivity contribution in [3.8, 4) is 6.07 Å². The van der Waals surface area contributed by atoms with E-state index in [2.05, 4.69) is 14.6 Å². The maximum Gasteiger partial charge on any atom is 0.242 e. The largest absolute Gasteiger partial charge is 0.297 e. The normalized spacial score (nSPS) is 15.8. The molecule has 1 aromatic carbocycles. The van der Waals surface area contributed by atoms with Crippen molar-refractivity contribution in [2.75, 3.05) is 13.1 Å². The number of nitriles is 1. The molecule has 0 amide bonds. The number of sulfonamides is 1. The van der Waals surface area contributed by atoms with Crippen LogP contribution in [0.1, 0.15) is 35.5 Å². The van der Waals surface area contributed by atoms with E-state index in [0.717, 1.165) is 30.3 Å². The maximum absolute atomic E-state index is 12.4. The molecule has 0 bridgehead atoms. The van der Waals surface area contributed by atoms with Crippen LogP contribution in [0.15, 0.2) is 34.5 Å². The molecule has 0 spiro atoms. The van der Waals surface area contributed by atoms with Crippen LogP contribution in [0, 0.1) is 11.3 Å². The van der Waals surface area contributed by atoms with Gasteiger partial charge in [0.05, 0.1) is 22.7 Å². The van der Waals surface area contributed by atoms with E-state index in [1.807, 2.05) is 11.4 Å². The van der Waals surface area contributed by atoms with Gasteiger partial charge >= 0.3 is 0 Å². The molecule has 1 saturated heterocycles. The Hall–Kier alpha value is -1.79. The van der Waals surface area contributed by atoms with Gasteiger partial charge in [-0.1, -0.05) is 18.6 Å². The van der Waals surface area contributed by atoms with E-state index < -0.39 is 10.0 Å². The average Bonchev–Trinajstić information content (AvgIpc) is 3.08. The third kappa shape index (κ3) is 4.64. The molecule has 2 heterocycles. The number of hydrogen-bond donors (Lipinski definition) is 1. The van der Waals surface area contributed by atoms with Gasteiger partial charge in [0.2, 0.25) is 10.0 Å². The van der Waals surface area contributed by atoms with Gasteiger partial charge in [-0.05, 0) is 38.1 Å². The molecular formula is C17H20N4O2S2. The van der Waals surface area contributed by atoms with Gasteiger partial charge in [0.1, 0.15) is 11.1 Å². The highest BCUT2D eigenvalue weighted by Crippen LogP contribution is 2.17. The molecule has 1 N–H and O–H groups in total. The fourth-order valence-corrected chi connectivity index (χ4v) is 4.84. The molecule has 0 saturated carbocycles. The smallest absolute Gasteiger partial charge is 0.242 e. The number of nitrogens with zero attached hydrogens (tertiary/aromatic N) is 3. The second kappa shape index (κ2) is 8.06. The summed E-state index contributed by atoms with van der Waals surface area (Å²) in [5.41, 5.74) is 1.12. The number of nitrogens with one attached hydrogen (secondary N) is 1. The molecule has 1 aliphatic heterocycles. The predicted octanol–water partition coefficient (Wildman–Crippen LogP) is 2.48. The van der Waals surface area contributed by atoms with Gasteiger partial charge in [-0.25, -0.2) is 18.1 Å². The van der Waals surface area contributed by atoms with Gasteiger partial charge < -0.3 is 0 Å². The molecule has 3 rings (SSSR count). The fourth-order valence-electron chi connectivity index (χ4n) is 2.88. The first-order valence-corrected chi connectivity index (χ1v) is 10.6. The Kier molecular flexibility index (Phi) is 5.81. The lowest BCUT2D eigenvalue weighted by molar-refractivity contribution is 0.219. The number of piperidine rings is 1. The van der Waals surface area contributed by atoms with Crippen molar-refractivity contribution in [2.45, 2.75) is 37.2 Å². The van der Waals surface area contributed by atoms with E-state index in [1.165, 1.54) is 42.7 Å². The summed E-state index contributed by atoms with van der Waals surface area (Å²) >= 11 is 1.45. The van der Waals surface area contributed by atoms with E-state index in [-0.39, 0.29) is 17.0 Å². The topological polar surface area (TPSA) is 86.1 Å². The molecular weight excluding hydrogens is 356 g/mol. The fraction of sp³-hybridized carbons (Fsp3) is 0.412. The van der Waals surface area contributed by atoms with Crippen molar-refractivity contribution in [3.63, 3.8) is 0 Å². The van der Waals surface area contributed by atoms with Crippen molar-refractivity contribution in [2.24, 2.45) is 0 Å². The monoisotopic (exact) mass is 376 g/mol. The molecule has 2 aromatic rings. The van der Waals surface area contributed by atoms with Crippen LogP contribution < -0.4 is 4.72 Å². The standard InChI is InChI=1S/C17H20N4O2S2/c18-10-14-6-2-3-7-16(14)25(22,23)19-11-17-20-15(13-24-17)12-21-8-4-1-5-9-21/h2-3,6-7,13,19H,1,4-5,8-9,11-12H2. The number of thiazole rings is 1. The summed E-state index contributed by atoms with van der Waals surface area (Å²) in [4.78, 5) is 6.92. The van der Waals surface area contributed by atoms with Crippen LogP contribution in [0.5, 0.6) is 0 Å². The first-order chi connectivity index (χ1) is 12.1. The van der Waals surface area contributed by atoms with Gasteiger partial charge in [0, 0.05) is 11.9 Å². The SMILES string of the molecule is N#Cc1ccccc1S(=O)(=O)NCc1nc(CN2CCCCC2)cs1. The molecule has 1 fully saturated rings. The minimum Gasteiger partial charge on any atom is -0.297 e. The number of aromatic nitrogens is 1. The van der Waals surface area contributed by atoms with Crippen molar-refractivity contribution in [3.05, 3.63) is 45.9 Å². The van der Waals surface area contributed by atoms with Gasteiger partial charge in [-0.3, -0.25) is 4.90 Å². The number of rotatable bonds is 6. The van der Waals surface area contributed by atoms with Crippen LogP contribution in [0.3, 0.4) is 0 Å². The lowest BCUT2D eigenvalue weighted by Crippen LogP contribution is -2.29. The van der Waals surface area contributed by atoms with E-state index >= 15 is 0 Å². The maximum atomic E-state index is 12.4. The van der Waals surface area contributed by atoms with E-state index in [9.17, 15) is 8.42 Å². The minimum atomic E-state index is -3.74. The van der Waals surface area contributed by atoms with Crippen LogP contribution >= 0.6 is 11.3 Å². The number of likely N-dealkylation sites (tertiary alicyclic amines) is 1. The average molecular weight is 377 g/mol. The Morgan fingerprint density at radius 2 is 2.00 bits per heavy atom. The summed E-state index contributed by atoms with van der Waals surface area (Å²) in [7, 11) is -3.74. The second-order valence-corrected chi connectivity index (χ2v) is 8.68. The van der Waals surface area contributed by atoms with Crippen LogP contribution in [-0.4, -0.2) is 31.4 Å². The van der Waals surface area contributed by atoms with Crippen LogP contribution in [-0.2, 0) is 23.1 Å². The Morgan fingerprint density at radius 3 is 2.76 bits per heavy atom. The quantitative estimate of drug-likeness (QED) is 0.837. The highest BCUT2D eigenvalue weighted by molar-refractivity contribution is 7.89. The zero-order valence-electron chi connectivity index (χ0n) is 13.8. The Labute approximate surface area is 152 Å². The first-order valence-electron chi connectivity index (χ1n) is 8.23. The molecule has 132 valence electrons. The molecule has 6 nitrogen and oxygen atoms in total. The van der Waals surface area contributed by atoms with Crippen molar-refractivity contribution < 1.29 is 8.42 Å². The Balaban J connectivity index is 1.62. The lowest BCUT2D eigenvalue weighted by Gasteiger charge is -2.25. The second-order valence-electron chi connectivity index (χ2n) is 6.00. The summed E-state index contributed by atoms with van der Waals surface area (Å²) in [6.07, 6.45) is 3.76. The third-order valence-corrected chi connectivity index (χ3v) is 6.50. The zero-order chi connectivity index (χ0) is 17.7. The van der Waals surface area contributed by atoms with E-state index in [0.29, 0.717) is 0 Å². The van der Waals surface area contributed by atoms with Crippen LogP contribution in [0.2, 0.25) is 0 Å². The molecule has 0 aliphatic carbocycles. The summed E-state index contributed by atoms with van der Waals surface area (Å²) in [5, 5.41) is 11.8. The molecule has 0 atom stereocenters. The highest BCUT2D eigenvalue weighted by atomic mass is 32.2. The molecule has 0 radical (unpaired) electrons. The molecule has 25 heavy (non-hydrogen) atoms. The summed E-state index contributed by atoms with van der Waals surface area (Å²) < 4.78 is 27.4. The van der Waals surface area contributed by atoms with Crippen molar-refractivity contribution in [1.82, 2.24) is 14.6 Å². The summed E-state index contributed by atoms with van der Waals surface area (Å²) in [6.45, 7) is 3.15. The minimum absolute atomic E-state index is 0.00240. The van der Waals surface area contributed by atoms with Crippen LogP contribution in [0.25, 0.3) is 0 Å². The van der Waals surface area contributed by atoms with Gasteiger partial charge in [0.25, 0.3) is 0 Å². The van der Waals surface area contributed by atoms with Gasteiger partial charge in [0.15, 0.2) is 0 Å². The molecule has 1 aromatic heterocycles. The predicted molar refractivity (Wildman–Crippen MR) is 96.4 cm³/mol. The first kappa shape index (κ1) is 18.0. The van der Waals surface area contributed by atoms with E-state index in [1.54, 1.807) is 12.1 Å². The molecule has 8 heteroatoms. The summed E-state index contributed by atoms with van der Waals surface area (Å²) in [6, 6.07) is 8.09. The number of hydrogen-bond acceptors (Lipinski definition) is 6. The van der Waals surface area contributed by atoms with Crippen LogP contribution in [0.4, 0.5) is 0 Å². The molecule has 1 aliphatic rings.